The maximum atomic E-state index is 12.8. The standard InChI is InChI=1S/C21H21N5O4/c1-14(27)17-9-6-10-18(12-17)23-20(28)15(2)30-21(29)19(26-13-22-24-25-26)11-16-7-4-3-5-8-16/h3-10,12-13,15,19H,11H2,1-2H3,(H,23,28)/t15-,19-/m0/s1. The Hall–Kier alpha value is -3.88. The van der Waals surface area contributed by atoms with E-state index in [-0.39, 0.29) is 5.78 Å². The first-order chi connectivity index (χ1) is 14.4. The van der Waals surface area contributed by atoms with E-state index in [9.17, 15) is 14.4 Å². The molecule has 0 bridgehead atoms. The molecule has 3 aromatic rings. The van der Waals surface area contributed by atoms with Crippen molar-refractivity contribution in [1.29, 1.82) is 0 Å². The van der Waals surface area contributed by atoms with Crippen LogP contribution in [-0.4, -0.2) is 44.0 Å². The molecule has 1 N–H and O–H groups in total. The van der Waals surface area contributed by atoms with Crippen LogP contribution in [0.4, 0.5) is 5.69 Å². The molecule has 0 aliphatic carbocycles. The van der Waals surface area contributed by atoms with Crippen molar-refractivity contribution in [2.24, 2.45) is 0 Å². The number of aromatic nitrogens is 4. The maximum Gasteiger partial charge on any atom is 0.332 e. The van der Waals surface area contributed by atoms with Crippen LogP contribution in [0.15, 0.2) is 60.9 Å². The molecule has 1 aromatic heterocycles. The third-order valence-corrected chi connectivity index (χ3v) is 4.43. The average Bonchev–Trinajstić information content (AvgIpc) is 3.27. The van der Waals surface area contributed by atoms with E-state index in [2.05, 4.69) is 20.8 Å². The third kappa shape index (κ3) is 5.34. The highest BCUT2D eigenvalue weighted by molar-refractivity contribution is 5.98. The Kier molecular flexibility index (Phi) is 6.63. The fraction of sp³-hybridized carbons (Fsp3) is 0.238. The SMILES string of the molecule is CC(=O)c1cccc(NC(=O)[C@H](C)OC(=O)[C@H](Cc2ccccc2)n2cnnn2)c1. The van der Waals surface area contributed by atoms with Gasteiger partial charge in [0.1, 0.15) is 6.33 Å². The molecule has 0 unspecified atom stereocenters. The van der Waals surface area contributed by atoms with Gasteiger partial charge in [0.15, 0.2) is 17.9 Å². The number of nitrogens with zero attached hydrogens (tertiary/aromatic N) is 4. The summed E-state index contributed by atoms with van der Waals surface area (Å²) in [6.07, 6.45) is 0.570. The molecule has 0 fully saturated rings. The summed E-state index contributed by atoms with van der Waals surface area (Å²) in [6, 6.07) is 15.1. The number of hydrogen-bond acceptors (Lipinski definition) is 7. The fourth-order valence-electron chi connectivity index (χ4n) is 2.80. The Morgan fingerprint density at radius 3 is 2.53 bits per heavy atom. The highest BCUT2D eigenvalue weighted by atomic mass is 16.5. The van der Waals surface area contributed by atoms with Crippen LogP contribution in [0.5, 0.6) is 0 Å². The van der Waals surface area contributed by atoms with Crippen LogP contribution in [0.3, 0.4) is 0 Å². The van der Waals surface area contributed by atoms with Gasteiger partial charge >= 0.3 is 5.97 Å². The molecule has 0 aliphatic rings. The molecule has 0 aliphatic heterocycles. The number of ether oxygens (including phenoxy) is 1. The molecule has 30 heavy (non-hydrogen) atoms. The highest BCUT2D eigenvalue weighted by Gasteiger charge is 2.28. The molecule has 154 valence electrons. The number of carbonyl (C=O) groups is 3. The molecule has 0 saturated carbocycles. The topological polar surface area (TPSA) is 116 Å². The van der Waals surface area contributed by atoms with Crippen molar-refractivity contribution in [1.82, 2.24) is 20.2 Å². The second kappa shape index (κ2) is 9.55. The zero-order chi connectivity index (χ0) is 21.5. The van der Waals surface area contributed by atoms with E-state index in [1.165, 1.54) is 24.9 Å². The van der Waals surface area contributed by atoms with Gasteiger partial charge in [-0.15, -0.1) is 5.10 Å². The summed E-state index contributed by atoms with van der Waals surface area (Å²) in [5.74, 6) is -1.26. The highest BCUT2D eigenvalue weighted by Crippen LogP contribution is 2.17. The van der Waals surface area contributed by atoms with Crippen LogP contribution in [0, 0.1) is 0 Å². The Bertz CT molecular complexity index is 1020. The predicted octanol–water partition coefficient (Wildman–Crippen LogP) is 2.23. The lowest BCUT2D eigenvalue weighted by atomic mass is 10.1. The van der Waals surface area contributed by atoms with Crippen LogP contribution in [0.25, 0.3) is 0 Å². The molecule has 0 spiro atoms. The van der Waals surface area contributed by atoms with Gasteiger partial charge < -0.3 is 10.1 Å². The van der Waals surface area contributed by atoms with Crippen LogP contribution in [0.2, 0.25) is 0 Å². The molecule has 0 saturated heterocycles. The number of hydrogen-bond donors (Lipinski definition) is 1. The minimum absolute atomic E-state index is 0.115. The van der Waals surface area contributed by atoms with Crippen molar-refractivity contribution in [2.75, 3.05) is 5.32 Å². The van der Waals surface area contributed by atoms with E-state index in [0.29, 0.717) is 17.7 Å². The van der Waals surface area contributed by atoms with Gasteiger partial charge in [0.2, 0.25) is 0 Å². The number of benzene rings is 2. The summed E-state index contributed by atoms with van der Waals surface area (Å²) in [5, 5.41) is 13.6. The molecule has 2 aromatic carbocycles. The van der Waals surface area contributed by atoms with Crippen LogP contribution in [-0.2, 0) is 20.7 Å². The van der Waals surface area contributed by atoms with Gasteiger partial charge in [-0.1, -0.05) is 42.5 Å². The molecule has 2 atom stereocenters. The minimum Gasteiger partial charge on any atom is -0.451 e. The van der Waals surface area contributed by atoms with Gasteiger partial charge in [0.25, 0.3) is 5.91 Å². The van der Waals surface area contributed by atoms with E-state index in [1.54, 1.807) is 24.3 Å². The van der Waals surface area contributed by atoms with E-state index in [0.717, 1.165) is 5.56 Å². The van der Waals surface area contributed by atoms with Crippen molar-refractivity contribution < 1.29 is 19.1 Å². The van der Waals surface area contributed by atoms with Gasteiger partial charge in [0.05, 0.1) is 0 Å². The predicted molar refractivity (Wildman–Crippen MR) is 108 cm³/mol. The summed E-state index contributed by atoms with van der Waals surface area (Å²) < 4.78 is 6.69. The lowest BCUT2D eigenvalue weighted by Crippen LogP contribution is -2.34. The molecular weight excluding hydrogens is 386 g/mol. The van der Waals surface area contributed by atoms with Crippen molar-refractivity contribution in [3.05, 3.63) is 72.1 Å². The fourth-order valence-corrected chi connectivity index (χ4v) is 2.80. The van der Waals surface area contributed by atoms with E-state index in [4.69, 9.17) is 4.74 Å². The van der Waals surface area contributed by atoms with Gasteiger partial charge in [-0.05, 0) is 42.0 Å². The summed E-state index contributed by atoms with van der Waals surface area (Å²) >= 11 is 0. The maximum absolute atomic E-state index is 12.8. The summed E-state index contributed by atoms with van der Waals surface area (Å²) in [5.41, 5.74) is 1.81. The quantitative estimate of drug-likeness (QED) is 0.449. The molecule has 1 amide bonds. The van der Waals surface area contributed by atoms with E-state index < -0.39 is 24.0 Å². The van der Waals surface area contributed by atoms with Crippen LogP contribution >= 0.6 is 0 Å². The number of esters is 1. The second-order valence-electron chi connectivity index (χ2n) is 6.70. The first kappa shape index (κ1) is 20.8. The van der Waals surface area contributed by atoms with Crippen molar-refractivity contribution in [3.8, 4) is 0 Å². The number of nitrogens with one attached hydrogen (secondary N) is 1. The normalized spacial score (nSPS) is 12.6. The third-order valence-electron chi connectivity index (χ3n) is 4.43. The Morgan fingerprint density at radius 2 is 1.87 bits per heavy atom. The smallest absolute Gasteiger partial charge is 0.332 e. The number of rotatable bonds is 8. The Balaban J connectivity index is 1.68. The number of ketones is 1. The summed E-state index contributed by atoms with van der Waals surface area (Å²) in [7, 11) is 0. The van der Waals surface area contributed by atoms with E-state index >= 15 is 0 Å². The van der Waals surface area contributed by atoms with Gasteiger partial charge in [-0.3, -0.25) is 9.59 Å². The Labute approximate surface area is 173 Å². The lowest BCUT2D eigenvalue weighted by Gasteiger charge is -2.19. The van der Waals surface area contributed by atoms with Crippen molar-refractivity contribution in [3.63, 3.8) is 0 Å². The molecule has 3 rings (SSSR count). The molecule has 9 nitrogen and oxygen atoms in total. The van der Waals surface area contributed by atoms with Crippen LogP contribution in [0.1, 0.15) is 35.8 Å². The number of carbonyl (C=O) groups excluding carboxylic acids is 3. The molecular formula is C21H21N5O4. The number of anilines is 1. The van der Waals surface area contributed by atoms with Crippen molar-refractivity contribution >= 4 is 23.3 Å². The number of tetrazole rings is 1. The molecule has 1 heterocycles. The van der Waals surface area contributed by atoms with E-state index in [1.807, 2.05) is 30.3 Å². The number of Topliss-reactive ketones (excluding diaryl/α,β-unsaturated/α-hetero) is 1. The Morgan fingerprint density at radius 1 is 1.10 bits per heavy atom. The second-order valence-corrected chi connectivity index (χ2v) is 6.70. The first-order valence-electron chi connectivity index (χ1n) is 9.33. The first-order valence-corrected chi connectivity index (χ1v) is 9.33. The summed E-state index contributed by atoms with van der Waals surface area (Å²) in [4.78, 5) is 36.8. The zero-order valence-electron chi connectivity index (χ0n) is 16.6. The zero-order valence-corrected chi connectivity index (χ0v) is 16.6. The molecule has 9 heteroatoms. The summed E-state index contributed by atoms with van der Waals surface area (Å²) in [6.45, 7) is 2.92. The lowest BCUT2D eigenvalue weighted by molar-refractivity contribution is -0.156. The average molecular weight is 407 g/mol. The van der Waals surface area contributed by atoms with Crippen molar-refractivity contribution in [2.45, 2.75) is 32.4 Å². The van der Waals surface area contributed by atoms with Gasteiger partial charge in [-0.2, -0.15) is 0 Å². The van der Waals surface area contributed by atoms with Crippen LogP contribution < -0.4 is 5.32 Å². The minimum atomic E-state index is -1.06. The monoisotopic (exact) mass is 407 g/mol. The van der Waals surface area contributed by atoms with Gasteiger partial charge in [-0.25, -0.2) is 9.48 Å². The largest absolute Gasteiger partial charge is 0.451 e. The number of amides is 1. The molecule has 0 radical (unpaired) electrons. The van der Waals surface area contributed by atoms with Gasteiger partial charge in [0, 0.05) is 17.7 Å².